The van der Waals surface area contributed by atoms with Crippen LogP contribution in [-0.2, 0) is 0 Å². The number of imidazole rings is 1. The average Bonchev–Trinajstić information content (AvgIpc) is 2.57. The lowest BCUT2D eigenvalue weighted by atomic mass is 10.2. The SMILES string of the molecule is COc1cc2c(cc1Br)ncn2OC(C)(C)C. The van der Waals surface area contributed by atoms with E-state index in [0.717, 1.165) is 21.3 Å². The van der Waals surface area contributed by atoms with Gasteiger partial charge in [0, 0.05) is 6.07 Å². The van der Waals surface area contributed by atoms with Crippen LogP contribution in [-0.4, -0.2) is 22.4 Å². The number of rotatable bonds is 2. The summed E-state index contributed by atoms with van der Waals surface area (Å²) in [6.45, 7) is 5.98. The Morgan fingerprint density at radius 1 is 1.29 bits per heavy atom. The molecule has 0 amide bonds. The highest BCUT2D eigenvalue weighted by atomic mass is 79.9. The van der Waals surface area contributed by atoms with Crippen molar-refractivity contribution in [3.63, 3.8) is 0 Å². The van der Waals surface area contributed by atoms with E-state index in [1.807, 2.05) is 32.9 Å². The summed E-state index contributed by atoms with van der Waals surface area (Å²) in [6.07, 6.45) is 1.67. The van der Waals surface area contributed by atoms with Crippen LogP contribution >= 0.6 is 15.9 Å². The molecule has 2 aromatic rings. The Hall–Kier alpha value is -1.23. The van der Waals surface area contributed by atoms with Crippen LogP contribution in [0.25, 0.3) is 11.0 Å². The molecule has 4 nitrogen and oxygen atoms in total. The normalized spacial score (nSPS) is 11.8. The standard InChI is InChI=1S/C12H15BrN2O2/c1-12(2,3)17-15-7-14-9-5-8(13)11(16-4)6-10(9)15/h5-7H,1-4H3. The van der Waals surface area contributed by atoms with Crippen LogP contribution in [0, 0.1) is 0 Å². The van der Waals surface area contributed by atoms with E-state index in [1.54, 1.807) is 18.2 Å². The molecule has 1 aromatic carbocycles. The Bertz CT molecular complexity index is 543. The molecule has 1 aromatic heterocycles. The van der Waals surface area contributed by atoms with Gasteiger partial charge >= 0.3 is 0 Å². The number of hydrogen-bond acceptors (Lipinski definition) is 3. The summed E-state index contributed by atoms with van der Waals surface area (Å²) in [5.74, 6) is 0.761. The summed E-state index contributed by atoms with van der Waals surface area (Å²) < 4.78 is 7.82. The Kier molecular flexibility index (Phi) is 3.03. The van der Waals surface area contributed by atoms with Crippen molar-refractivity contribution < 1.29 is 9.57 Å². The van der Waals surface area contributed by atoms with Crippen LogP contribution in [0.1, 0.15) is 20.8 Å². The van der Waals surface area contributed by atoms with Gasteiger partial charge in [-0.3, -0.25) is 0 Å². The summed E-state index contributed by atoms with van der Waals surface area (Å²) in [7, 11) is 1.64. The van der Waals surface area contributed by atoms with Crippen molar-refractivity contribution in [2.24, 2.45) is 0 Å². The minimum atomic E-state index is -0.270. The number of methoxy groups -OCH3 is 1. The van der Waals surface area contributed by atoms with Crippen LogP contribution in [0.3, 0.4) is 0 Å². The van der Waals surface area contributed by atoms with E-state index in [9.17, 15) is 0 Å². The zero-order valence-electron chi connectivity index (χ0n) is 10.3. The molecule has 0 fully saturated rings. The Morgan fingerprint density at radius 3 is 2.59 bits per heavy atom. The van der Waals surface area contributed by atoms with Gasteiger partial charge in [0.1, 0.15) is 23.2 Å². The lowest BCUT2D eigenvalue weighted by Crippen LogP contribution is -2.30. The maximum atomic E-state index is 5.78. The van der Waals surface area contributed by atoms with E-state index in [-0.39, 0.29) is 5.60 Å². The van der Waals surface area contributed by atoms with Crippen molar-refractivity contribution in [3.05, 3.63) is 22.9 Å². The minimum absolute atomic E-state index is 0.270. The molecule has 5 heteroatoms. The number of fused-ring (bicyclic) bond motifs is 1. The Balaban J connectivity index is 2.52. The van der Waals surface area contributed by atoms with Crippen molar-refractivity contribution in [2.75, 3.05) is 7.11 Å². The van der Waals surface area contributed by atoms with Gasteiger partial charge in [-0.25, -0.2) is 4.98 Å². The van der Waals surface area contributed by atoms with E-state index < -0.39 is 0 Å². The van der Waals surface area contributed by atoms with E-state index >= 15 is 0 Å². The summed E-state index contributed by atoms with van der Waals surface area (Å²) >= 11 is 3.43. The topological polar surface area (TPSA) is 36.3 Å². The molecular formula is C12H15BrN2O2. The molecule has 1 heterocycles. The van der Waals surface area contributed by atoms with Gasteiger partial charge in [0.15, 0.2) is 0 Å². The summed E-state index contributed by atoms with van der Waals surface area (Å²) in [5.41, 5.74) is 1.48. The molecule has 0 aliphatic heterocycles. The summed E-state index contributed by atoms with van der Waals surface area (Å²) in [4.78, 5) is 10.1. The quantitative estimate of drug-likeness (QED) is 0.855. The Morgan fingerprint density at radius 2 is 2.00 bits per heavy atom. The van der Waals surface area contributed by atoms with Crippen LogP contribution in [0.5, 0.6) is 5.75 Å². The van der Waals surface area contributed by atoms with Gasteiger partial charge in [-0.05, 0) is 42.8 Å². The number of ether oxygens (including phenoxy) is 1. The lowest BCUT2D eigenvalue weighted by molar-refractivity contribution is -0.00904. The number of nitrogens with zero attached hydrogens (tertiary/aromatic N) is 2. The number of aromatic nitrogens is 2. The molecule has 17 heavy (non-hydrogen) atoms. The van der Waals surface area contributed by atoms with E-state index in [4.69, 9.17) is 9.57 Å². The van der Waals surface area contributed by atoms with Crippen molar-refractivity contribution in [1.29, 1.82) is 0 Å². The maximum absolute atomic E-state index is 5.78. The molecule has 0 unspecified atom stereocenters. The number of benzene rings is 1. The molecule has 0 atom stereocenters. The third-order valence-corrected chi connectivity index (χ3v) is 2.78. The van der Waals surface area contributed by atoms with Crippen molar-refractivity contribution >= 4 is 27.0 Å². The zero-order valence-corrected chi connectivity index (χ0v) is 11.9. The van der Waals surface area contributed by atoms with Crippen LogP contribution in [0.2, 0.25) is 0 Å². The minimum Gasteiger partial charge on any atom is -0.495 e. The molecule has 2 rings (SSSR count). The fourth-order valence-electron chi connectivity index (χ4n) is 1.51. The van der Waals surface area contributed by atoms with Gasteiger partial charge in [0.2, 0.25) is 0 Å². The predicted molar refractivity (Wildman–Crippen MR) is 70.3 cm³/mol. The van der Waals surface area contributed by atoms with E-state index in [2.05, 4.69) is 20.9 Å². The predicted octanol–water partition coefficient (Wildman–Crippen LogP) is 3.03. The van der Waals surface area contributed by atoms with Gasteiger partial charge in [-0.2, -0.15) is 4.73 Å². The molecule has 0 N–H and O–H groups in total. The monoisotopic (exact) mass is 298 g/mol. The fourth-order valence-corrected chi connectivity index (χ4v) is 2.01. The van der Waals surface area contributed by atoms with E-state index in [0.29, 0.717) is 0 Å². The average molecular weight is 299 g/mol. The van der Waals surface area contributed by atoms with Gasteiger partial charge < -0.3 is 9.57 Å². The summed E-state index contributed by atoms with van der Waals surface area (Å²) in [6, 6.07) is 3.81. The van der Waals surface area contributed by atoms with E-state index in [1.165, 1.54) is 0 Å². The number of hydrogen-bond donors (Lipinski definition) is 0. The first-order valence-electron chi connectivity index (χ1n) is 5.31. The van der Waals surface area contributed by atoms with Crippen molar-refractivity contribution in [3.8, 4) is 5.75 Å². The first-order valence-corrected chi connectivity index (χ1v) is 6.10. The molecular weight excluding hydrogens is 284 g/mol. The molecule has 0 saturated carbocycles. The first-order chi connectivity index (χ1) is 7.90. The van der Waals surface area contributed by atoms with Crippen LogP contribution < -0.4 is 9.57 Å². The summed E-state index contributed by atoms with van der Waals surface area (Å²) in [5, 5.41) is 0. The van der Waals surface area contributed by atoms with Crippen molar-refractivity contribution in [2.45, 2.75) is 26.4 Å². The fraction of sp³-hybridized carbons (Fsp3) is 0.417. The van der Waals surface area contributed by atoms with Crippen LogP contribution in [0.4, 0.5) is 0 Å². The molecule has 0 saturated heterocycles. The zero-order chi connectivity index (χ0) is 12.6. The third kappa shape index (κ3) is 2.54. The van der Waals surface area contributed by atoms with Gasteiger partial charge in [0.25, 0.3) is 0 Å². The Labute approximate surface area is 109 Å². The van der Waals surface area contributed by atoms with Gasteiger partial charge in [-0.15, -0.1) is 0 Å². The second-order valence-electron chi connectivity index (χ2n) is 4.75. The smallest absolute Gasteiger partial charge is 0.135 e. The first kappa shape index (κ1) is 12.2. The highest BCUT2D eigenvalue weighted by molar-refractivity contribution is 9.10. The second-order valence-corrected chi connectivity index (χ2v) is 5.60. The molecule has 0 aliphatic rings. The number of halogens is 1. The van der Waals surface area contributed by atoms with Crippen molar-refractivity contribution in [1.82, 2.24) is 9.71 Å². The molecule has 92 valence electrons. The lowest BCUT2D eigenvalue weighted by Gasteiger charge is -2.21. The second kappa shape index (κ2) is 4.22. The molecule has 0 bridgehead atoms. The largest absolute Gasteiger partial charge is 0.495 e. The highest BCUT2D eigenvalue weighted by Gasteiger charge is 2.15. The van der Waals surface area contributed by atoms with Crippen LogP contribution in [0.15, 0.2) is 22.9 Å². The van der Waals surface area contributed by atoms with Gasteiger partial charge in [0.05, 0.1) is 17.1 Å². The molecule has 0 spiro atoms. The molecule has 0 aliphatic carbocycles. The van der Waals surface area contributed by atoms with Gasteiger partial charge in [-0.1, -0.05) is 0 Å². The molecule has 0 radical (unpaired) electrons. The third-order valence-electron chi connectivity index (χ3n) is 2.16. The maximum Gasteiger partial charge on any atom is 0.135 e. The highest BCUT2D eigenvalue weighted by Crippen LogP contribution is 2.29.